The highest BCUT2D eigenvalue weighted by molar-refractivity contribution is 7.85. The first-order valence-corrected chi connectivity index (χ1v) is 7.95. The minimum atomic E-state index is -2.60. The number of halogens is 1. The molecular weight excluding hydrogens is 307 g/mol. The van der Waals surface area contributed by atoms with Crippen LogP contribution in [0.3, 0.4) is 0 Å². The number of aliphatic hydroxyl groups excluding tert-OH is 1. The van der Waals surface area contributed by atoms with Gasteiger partial charge in [0.05, 0.1) is 6.04 Å². The summed E-state index contributed by atoms with van der Waals surface area (Å²) in [4.78, 5) is 28.4. The first-order valence-electron chi connectivity index (χ1n) is 6.57. The number of amides is 2. The molecule has 0 unspecified atom stereocenters. The highest BCUT2D eigenvalue weighted by Gasteiger charge is 2.48. The van der Waals surface area contributed by atoms with Gasteiger partial charge in [-0.1, -0.05) is 0 Å². The average Bonchev–Trinajstić information content (AvgIpc) is 2.69. The van der Waals surface area contributed by atoms with Crippen LogP contribution in [0.5, 0.6) is 0 Å². The monoisotopic (exact) mass is 324 g/mol. The average molecular weight is 324 g/mol. The van der Waals surface area contributed by atoms with E-state index in [4.69, 9.17) is 10.2 Å². The van der Waals surface area contributed by atoms with Crippen molar-refractivity contribution in [1.29, 1.82) is 0 Å². The van der Waals surface area contributed by atoms with Crippen LogP contribution in [0.15, 0.2) is 0 Å². The number of rotatable bonds is 7. The molecule has 2 saturated heterocycles. The third-order valence-corrected chi connectivity index (χ3v) is 5.26. The van der Waals surface area contributed by atoms with Crippen molar-refractivity contribution in [2.45, 2.75) is 37.0 Å². The number of aliphatic carboxylic acids is 1. The van der Waals surface area contributed by atoms with Crippen LogP contribution in [-0.4, -0.2) is 73.1 Å². The van der Waals surface area contributed by atoms with Crippen molar-refractivity contribution >= 4 is 22.8 Å². The Morgan fingerprint density at radius 3 is 2.86 bits per heavy atom. The van der Waals surface area contributed by atoms with Crippen LogP contribution in [0.2, 0.25) is 0 Å². The maximum Gasteiger partial charge on any atom is 0.368 e. The SMILES string of the molecule is O=C(O)[C@@H](F)ON1C(=O)N2C[C@H]1CC[C@H]2[S@](=O)CCCO. The number of alkyl halides is 1. The third-order valence-electron chi connectivity index (χ3n) is 3.48. The van der Waals surface area contributed by atoms with E-state index >= 15 is 0 Å². The van der Waals surface area contributed by atoms with Gasteiger partial charge in [0.1, 0.15) is 5.37 Å². The lowest BCUT2D eigenvalue weighted by molar-refractivity contribution is -0.223. The fourth-order valence-electron chi connectivity index (χ4n) is 2.49. The van der Waals surface area contributed by atoms with Crippen molar-refractivity contribution in [3.8, 4) is 0 Å². The second kappa shape index (κ2) is 6.67. The first-order chi connectivity index (χ1) is 9.95. The molecule has 8 nitrogen and oxygen atoms in total. The van der Waals surface area contributed by atoms with Gasteiger partial charge in [-0.15, -0.1) is 0 Å². The molecule has 2 bridgehead atoms. The number of aliphatic hydroxyl groups is 1. The van der Waals surface area contributed by atoms with E-state index in [1.54, 1.807) is 0 Å². The lowest BCUT2D eigenvalue weighted by Gasteiger charge is -2.29. The molecule has 0 saturated carbocycles. The molecule has 2 rings (SSSR count). The van der Waals surface area contributed by atoms with Crippen molar-refractivity contribution in [2.75, 3.05) is 18.9 Å². The first kappa shape index (κ1) is 16.1. The van der Waals surface area contributed by atoms with E-state index in [0.29, 0.717) is 19.3 Å². The van der Waals surface area contributed by atoms with Gasteiger partial charge in [-0.3, -0.25) is 4.21 Å². The standard InChI is InChI=1S/C11H17FN2O6S/c12-9(10(16)17)20-14-7-2-3-8(13(6-7)11(14)18)21(19)5-1-4-15/h7-9,15H,1-6H2,(H,16,17)/t7-,8-,9+,21-/m1/s1. The summed E-state index contributed by atoms with van der Waals surface area (Å²) in [6.07, 6.45) is -1.30. The maximum absolute atomic E-state index is 13.1. The van der Waals surface area contributed by atoms with Gasteiger partial charge in [-0.25, -0.2) is 18.8 Å². The number of carbonyl (C=O) groups excluding carboxylic acids is 1. The Kier molecular flexibility index (Phi) is 5.12. The number of nitrogens with zero attached hydrogens (tertiary/aromatic N) is 2. The summed E-state index contributed by atoms with van der Waals surface area (Å²) in [5.41, 5.74) is 0. The molecule has 0 spiro atoms. The van der Waals surface area contributed by atoms with Gasteiger partial charge in [0.25, 0.3) is 0 Å². The third kappa shape index (κ3) is 3.33. The summed E-state index contributed by atoms with van der Waals surface area (Å²) in [6.45, 7) is 0.160. The van der Waals surface area contributed by atoms with Crippen LogP contribution in [0.4, 0.5) is 9.18 Å². The van der Waals surface area contributed by atoms with E-state index in [2.05, 4.69) is 4.84 Å². The summed E-state index contributed by atoms with van der Waals surface area (Å²) < 4.78 is 25.2. The number of carboxylic acid groups (broad SMARTS) is 1. The zero-order valence-corrected chi connectivity index (χ0v) is 12.0. The minimum absolute atomic E-state index is 0.0770. The summed E-state index contributed by atoms with van der Waals surface area (Å²) in [6, 6.07) is -1.09. The highest BCUT2D eigenvalue weighted by atomic mass is 32.2. The second-order valence-electron chi connectivity index (χ2n) is 4.87. The van der Waals surface area contributed by atoms with Gasteiger partial charge in [0.15, 0.2) is 0 Å². The number of hydroxylamine groups is 2. The molecule has 120 valence electrons. The smallest absolute Gasteiger partial charge is 0.368 e. The molecule has 10 heteroatoms. The number of urea groups is 1. The molecule has 21 heavy (non-hydrogen) atoms. The lowest BCUT2D eigenvalue weighted by atomic mass is 10.1. The maximum atomic E-state index is 13.1. The number of piperidine rings is 1. The molecule has 0 aliphatic carbocycles. The van der Waals surface area contributed by atoms with Crippen LogP contribution in [0, 0.1) is 0 Å². The molecule has 0 aromatic rings. The topological polar surface area (TPSA) is 107 Å². The van der Waals surface area contributed by atoms with Crippen LogP contribution in [-0.2, 0) is 20.4 Å². The Bertz CT molecular complexity index is 450. The molecule has 2 aliphatic rings. The van der Waals surface area contributed by atoms with Gasteiger partial charge in [-0.2, -0.15) is 5.06 Å². The minimum Gasteiger partial charge on any atom is -0.477 e. The number of hydrogen-bond acceptors (Lipinski definition) is 5. The Hall–Kier alpha value is -1.26. The Labute approximate surface area is 122 Å². The van der Waals surface area contributed by atoms with Crippen LogP contribution in [0.25, 0.3) is 0 Å². The molecule has 2 N–H and O–H groups in total. The van der Waals surface area contributed by atoms with E-state index in [1.807, 2.05) is 0 Å². The Balaban J connectivity index is 2.02. The molecular formula is C11H17FN2O6S. The second-order valence-corrected chi connectivity index (χ2v) is 6.58. The fourth-order valence-corrected chi connectivity index (χ4v) is 4.04. The van der Waals surface area contributed by atoms with Gasteiger partial charge in [0, 0.05) is 29.7 Å². The predicted molar refractivity (Wildman–Crippen MR) is 69.1 cm³/mol. The molecule has 0 radical (unpaired) electrons. The van der Waals surface area contributed by atoms with Crippen molar-refractivity contribution in [1.82, 2.24) is 9.96 Å². The zero-order chi connectivity index (χ0) is 15.6. The summed E-state index contributed by atoms with van der Waals surface area (Å²) >= 11 is 0. The number of carboxylic acids is 1. The van der Waals surface area contributed by atoms with Gasteiger partial charge >= 0.3 is 18.4 Å². The molecule has 2 heterocycles. The molecule has 4 atom stereocenters. The van der Waals surface area contributed by atoms with Crippen LogP contribution in [0.1, 0.15) is 19.3 Å². The summed E-state index contributed by atoms with van der Waals surface area (Å²) in [5.74, 6) is -1.53. The summed E-state index contributed by atoms with van der Waals surface area (Å²) in [5, 5.41) is 17.5. The van der Waals surface area contributed by atoms with E-state index in [-0.39, 0.29) is 18.9 Å². The van der Waals surface area contributed by atoms with E-state index in [0.717, 1.165) is 5.06 Å². The van der Waals surface area contributed by atoms with E-state index < -0.39 is 40.6 Å². The van der Waals surface area contributed by atoms with Crippen LogP contribution < -0.4 is 0 Å². The molecule has 2 amide bonds. The highest BCUT2D eigenvalue weighted by Crippen LogP contribution is 2.32. The normalized spacial score (nSPS) is 27.8. The van der Waals surface area contributed by atoms with Crippen molar-refractivity contribution in [3.63, 3.8) is 0 Å². The molecule has 0 aromatic carbocycles. The van der Waals surface area contributed by atoms with E-state index in [9.17, 15) is 18.2 Å². The van der Waals surface area contributed by atoms with Crippen molar-refractivity contribution < 1.29 is 33.2 Å². The van der Waals surface area contributed by atoms with Crippen molar-refractivity contribution in [3.05, 3.63) is 0 Å². The lowest BCUT2D eigenvalue weighted by Crippen LogP contribution is -2.43. The number of carbonyl (C=O) groups is 2. The molecule has 2 aliphatic heterocycles. The summed E-state index contributed by atoms with van der Waals surface area (Å²) in [7, 11) is -1.31. The van der Waals surface area contributed by atoms with Gasteiger partial charge in [-0.05, 0) is 19.3 Å². The zero-order valence-electron chi connectivity index (χ0n) is 11.2. The quantitative estimate of drug-likeness (QED) is 0.663. The largest absolute Gasteiger partial charge is 0.477 e. The van der Waals surface area contributed by atoms with Gasteiger partial charge < -0.3 is 15.1 Å². The van der Waals surface area contributed by atoms with Crippen LogP contribution >= 0.6 is 0 Å². The Morgan fingerprint density at radius 2 is 2.24 bits per heavy atom. The predicted octanol–water partition coefficient (Wildman–Crippen LogP) is -0.345. The Morgan fingerprint density at radius 1 is 1.52 bits per heavy atom. The van der Waals surface area contributed by atoms with Crippen molar-refractivity contribution in [2.24, 2.45) is 0 Å². The molecule has 2 fully saturated rings. The number of hydrogen-bond donors (Lipinski definition) is 2. The van der Waals surface area contributed by atoms with E-state index in [1.165, 1.54) is 4.90 Å². The number of fused-ring (bicyclic) bond motifs is 2. The van der Waals surface area contributed by atoms with Gasteiger partial charge in [0.2, 0.25) is 0 Å². The molecule has 0 aromatic heterocycles. The fraction of sp³-hybridized carbons (Fsp3) is 0.818.